The van der Waals surface area contributed by atoms with Crippen molar-refractivity contribution in [3.05, 3.63) is 24.3 Å². The van der Waals surface area contributed by atoms with E-state index in [2.05, 4.69) is 20.6 Å². The molecule has 1 aliphatic heterocycles. The summed E-state index contributed by atoms with van der Waals surface area (Å²) in [5.74, 6) is -0.0837. The van der Waals surface area contributed by atoms with Crippen LogP contribution in [0.4, 0.5) is 0 Å². The largest absolute Gasteiger partial charge is 0.394 e. The van der Waals surface area contributed by atoms with E-state index in [1.54, 1.807) is 18.5 Å². The Morgan fingerprint density at radius 1 is 1.35 bits per heavy atom. The van der Waals surface area contributed by atoms with E-state index in [0.29, 0.717) is 12.4 Å². The molecule has 8 heteroatoms. The molecule has 0 bridgehead atoms. The van der Waals surface area contributed by atoms with Crippen LogP contribution in [0.1, 0.15) is 25.1 Å². The second-order valence-corrected chi connectivity index (χ2v) is 5.41. The number of nitrogens with zero attached hydrogens (tertiary/aromatic N) is 3. The van der Waals surface area contributed by atoms with E-state index >= 15 is 0 Å². The van der Waals surface area contributed by atoms with E-state index in [4.69, 9.17) is 0 Å². The van der Waals surface area contributed by atoms with Crippen LogP contribution in [0.2, 0.25) is 0 Å². The van der Waals surface area contributed by atoms with E-state index in [1.165, 1.54) is 4.90 Å². The molecule has 1 aromatic rings. The van der Waals surface area contributed by atoms with Gasteiger partial charge in [-0.2, -0.15) is 0 Å². The molecule has 0 spiro atoms. The van der Waals surface area contributed by atoms with Crippen molar-refractivity contribution in [2.45, 2.75) is 31.8 Å². The van der Waals surface area contributed by atoms with Crippen molar-refractivity contribution >= 4 is 11.8 Å². The predicted octanol–water partition coefficient (Wildman–Crippen LogP) is -0.944. The average molecular weight is 321 g/mol. The molecule has 0 unspecified atom stereocenters. The number of hydrogen-bond acceptors (Lipinski definition) is 6. The minimum Gasteiger partial charge on any atom is -0.394 e. The second-order valence-electron chi connectivity index (χ2n) is 5.41. The molecule has 1 fully saturated rings. The Balaban J connectivity index is 1.97. The Bertz CT molecular complexity index is 511. The maximum Gasteiger partial charge on any atom is 0.245 e. The van der Waals surface area contributed by atoms with Gasteiger partial charge in [0.25, 0.3) is 0 Å². The molecular weight excluding hydrogens is 298 g/mol. The van der Waals surface area contributed by atoms with Gasteiger partial charge in [0.2, 0.25) is 11.8 Å². The van der Waals surface area contributed by atoms with Crippen molar-refractivity contribution in [3.63, 3.8) is 0 Å². The molecule has 126 valence electrons. The van der Waals surface area contributed by atoms with Gasteiger partial charge >= 0.3 is 0 Å². The number of carbonyl (C=O) groups excluding carboxylic acids is 2. The van der Waals surface area contributed by atoms with Crippen molar-refractivity contribution in [1.29, 1.82) is 0 Å². The van der Waals surface area contributed by atoms with Crippen LogP contribution in [0.15, 0.2) is 18.5 Å². The molecule has 0 radical (unpaired) electrons. The van der Waals surface area contributed by atoms with E-state index in [-0.39, 0.29) is 19.0 Å². The fourth-order valence-electron chi connectivity index (χ4n) is 2.49. The molecule has 0 aromatic carbocycles. The zero-order valence-electron chi connectivity index (χ0n) is 13.1. The molecule has 1 saturated heterocycles. The van der Waals surface area contributed by atoms with Crippen LogP contribution in [0.5, 0.6) is 0 Å². The van der Waals surface area contributed by atoms with Gasteiger partial charge in [0, 0.05) is 18.9 Å². The smallest absolute Gasteiger partial charge is 0.245 e. The third-order valence-electron chi connectivity index (χ3n) is 3.74. The van der Waals surface area contributed by atoms with Crippen LogP contribution in [-0.2, 0) is 16.1 Å². The van der Waals surface area contributed by atoms with E-state index in [0.717, 1.165) is 25.8 Å². The summed E-state index contributed by atoms with van der Waals surface area (Å²) in [5.41, 5.74) is 0. The number of aliphatic hydroxyl groups excluding tert-OH is 1. The third kappa shape index (κ3) is 5.26. The molecule has 2 heterocycles. The van der Waals surface area contributed by atoms with Crippen molar-refractivity contribution in [2.24, 2.45) is 0 Å². The molecular formula is C15H23N5O3. The second kappa shape index (κ2) is 9.16. The minimum atomic E-state index is -0.883. The number of aliphatic hydroxyl groups is 1. The van der Waals surface area contributed by atoms with Gasteiger partial charge in [-0.05, 0) is 25.5 Å². The molecule has 1 atom stereocenters. The summed E-state index contributed by atoms with van der Waals surface area (Å²) >= 11 is 0. The monoisotopic (exact) mass is 321 g/mol. The molecule has 3 N–H and O–H groups in total. The van der Waals surface area contributed by atoms with Crippen molar-refractivity contribution in [3.8, 4) is 0 Å². The standard InChI is InChI=1S/C15H23N5O3/c21-11-12(15(23)19-9-13-17-6-4-7-18-13)20-8-3-1-2-5-16-10-14(20)22/h4,6-7,12,16,21H,1-3,5,8-11H2,(H,19,23)/t12-/m0/s1. The number of amides is 2. The first-order valence-corrected chi connectivity index (χ1v) is 7.87. The Labute approximate surface area is 135 Å². The fraction of sp³-hybridized carbons (Fsp3) is 0.600. The highest BCUT2D eigenvalue weighted by Crippen LogP contribution is 2.07. The molecule has 0 saturated carbocycles. The summed E-state index contributed by atoms with van der Waals surface area (Å²) in [4.78, 5) is 34.1. The number of hydrogen-bond donors (Lipinski definition) is 3. The summed E-state index contributed by atoms with van der Waals surface area (Å²) < 4.78 is 0. The predicted molar refractivity (Wildman–Crippen MR) is 83.2 cm³/mol. The summed E-state index contributed by atoms with van der Waals surface area (Å²) in [5, 5.41) is 15.3. The Morgan fingerprint density at radius 3 is 2.87 bits per heavy atom. The highest BCUT2D eigenvalue weighted by Gasteiger charge is 2.29. The number of rotatable bonds is 5. The summed E-state index contributed by atoms with van der Waals surface area (Å²) in [6, 6.07) is 0.808. The summed E-state index contributed by atoms with van der Waals surface area (Å²) in [6.07, 6.45) is 5.99. The molecule has 2 amide bonds. The van der Waals surface area contributed by atoms with Gasteiger partial charge in [0.15, 0.2) is 0 Å². The van der Waals surface area contributed by atoms with Crippen LogP contribution >= 0.6 is 0 Å². The van der Waals surface area contributed by atoms with Crippen LogP contribution in [0.25, 0.3) is 0 Å². The highest BCUT2D eigenvalue weighted by molar-refractivity contribution is 5.88. The van der Waals surface area contributed by atoms with Gasteiger partial charge in [-0.3, -0.25) is 9.59 Å². The zero-order chi connectivity index (χ0) is 16.5. The normalized spacial score (nSPS) is 17.8. The van der Waals surface area contributed by atoms with Gasteiger partial charge in [-0.25, -0.2) is 9.97 Å². The average Bonchev–Trinajstić information content (AvgIpc) is 2.68. The van der Waals surface area contributed by atoms with Gasteiger partial charge in [0.1, 0.15) is 11.9 Å². The van der Waals surface area contributed by atoms with Crippen molar-refractivity contribution < 1.29 is 14.7 Å². The quantitative estimate of drug-likeness (QED) is 0.646. The van der Waals surface area contributed by atoms with Crippen molar-refractivity contribution in [2.75, 3.05) is 26.2 Å². The molecule has 0 aliphatic carbocycles. The molecule has 1 aromatic heterocycles. The van der Waals surface area contributed by atoms with Crippen molar-refractivity contribution in [1.82, 2.24) is 25.5 Å². The highest BCUT2D eigenvalue weighted by atomic mass is 16.3. The van der Waals surface area contributed by atoms with Gasteiger partial charge in [-0.15, -0.1) is 0 Å². The van der Waals surface area contributed by atoms with Crippen LogP contribution < -0.4 is 10.6 Å². The SMILES string of the molecule is O=C(NCc1ncccn1)[C@H](CO)N1CCCCCNCC1=O. The molecule has 8 nitrogen and oxygen atoms in total. The van der Waals surface area contributed by atoms with Gasteiger partial charge < -0.3 is 20.6 Å². The fourth-order valence-corrected chi connectivity index (χ4v) is 2.49. The maximum absolute atomic E-state index is 12.3. The summed E-state index contributed by atoms with van der Waals surface area (Å²) in [7, 11) is 0. The lowest BCUT2D eigenvalue weighted by Gasteiger charge is -2.29. The molecule has 23 heavy (non-hydrogen) atoms. The first kappa shape index (κ1) is 17.3. The Kier molecular flexibility index (Phi) is 6.89. The maximum atomic E-state index is 12.3. The minimum absolute atomic E-state index is 0.163. The van der Waals surface area contributed by atoms with Crippen LogP contribution in [0, 0.1) is 0 Å². The number of nitrogens with one attached hydrogen (secondary N) is 2. The van der Waals surface area contributed by atoms with Crippen LogP contribution in [-0.4, -0.2) is 64.1 Å². The first-order valence-electron chi connectivity index (χ1n) is 7.87. The lowest BCUT2D eigenvalue weighted by molar-refractivity contribution is -0.141. The third-order valence-corrected chi connectivity index (χ3v) is 3.74. The Morgan fingerprint density at radius 2 is 2.13 bits per heavy atom. The van der Waals surface area contributed by atoms with E-state index < -0.39 is 18.6 Å². The topological polar surface area (TPSA) is 107 Å². The zero-order valence-corrected chi connectivity index (χ0v) is 13.1. The van der Waals surface area contributed by atoms with E-state index in [9.17, 15) is 14.7 Å². The molecule has 2 rings (SSSR count). The summed E-state index contributed by atoms with van der Waals surface area (Å²) in [6.45, 7) is 1.21. The lowest BCUT2D eigenvalue weighted by Crippen LogP contribution is -2.53. The number of carbonyl (C=O) groups is 2. The first-order chi connectivity index (χ1) is 11.2. The van der Waals surface area contributed by atoms with Gasteiger partial charge in [0.05, 0.1) is 19.7 Å². The Hall–Kier alpha value is -2.06. The number of aromatic nitrogens is 2. The van der Waals surface area contributed by atoms with Gasteiger partial charge in [-0.1, -0.05) is 6.42 Å². The molecule has 1 aliphatic rings. The lowest BCUT2D eigenvalue weighted by atomic mass is 10.2. The van der Waals surface area contributed by atoms with E-state index in [1.807, 2.05) is 0 Å². The van der Waals surface area contributed by atoms with Crippen LogP contribution in [0.3, 0.4) is 0 Å².